The maximum atomic E-state index is 12.4. The number of carbonyl (C=O) groups is 4. The summed E-state index contributed by atoms with van der Waals surface area (Å²) in [5.41, 5.74) is -1.10. The Bertz CT molecular complexity index is 872. The predicted molar refractivity (Wildman–Crippen MR) is 181 cm³/mol. The van der Waals surface area contributed by atoms with Crippen molar-refractivity contribution in [2.45, 2.75) is 148 Å². The van der Waals surface area contributed by atoms with Crippen LogP contribution in [0.4, 0.5) is 0 Å². The maximum absolute atomic E-state index is 12.4. The van der Waals surface area contributed by atoms with E-state index in [4.69, 9.17) is 25.2 Å². The first-order valence-electron chi connectivity index (χ1n) is 17.5. The second-order valence-corrected chi connectivity index (χ2v) is 11.9. The highest BCUT2D eigenvalue weighted by Gasteiger charge is 2.15. The van der Waals surface area contributed by atoms with Crippen molar-refractivity contribution >= 4 is 23.9 Å². The second-order valence-electron chi connectivity index (χ2n) is 11.9. The predicted octanol–water partition coefficient (Wildman–Crippen LogP) is 8.10. The summed E-state index contributed by atoms with van der Waals surface area (Å²) in [5, 5.41) is 37.8. The van der Waals surface area contributed by atoms with Crippen molar-refractivity contribution in [3.05, 3.63) is 34.9 Å². The monoisotopic (exact) mass is 651 g/mol. The van der Waals surface area contributed by atoms with Gasteiger partial charge in [0.2, 0.25) is 0 Å². The summed E-state index contributed by atoms with van der Waals surface area (Å²) in [4.78, 5) is 44.0. The van der Waals surface area contributed by atoms with Gasteiger partial charge in [-0.1, -0.05) is 97.3 Å². The molecular weight excluding hydrogens is 590 g/mol. The summed E-state index contributed by atoms with van der Waals surface area (Å²) >= 11 is 0. The maximum Gasteiger partial charge on any atom is 0.335 e. The number of aromatic carboxylic acids is 3. The number of rotatable bonds is 28. The molecule has 0 saturated heterocycles. The van der Waals surface area contributed by atoms with Crippen LogP contribution < -0.4 is 5.32 Å². The number of carboxylic acid groups (broad SMARTS) is 3. The molecule has 1 aromatic carbocycles. The molecule has 10 nitrogen and oxygen atoms in total. The van der Waals surface area contributed by atoms with Crippen molar-refractivity contribution < 1.29 is 44.3 Å². The number of carboxylic acids is 3. The molecule has 0 fully saturated rings. The van der Waals surface area contributed by atoms with Gasteiger partial charge in [0.15, 0.2) is 0 Å². The average molecular weight is 652 g/mol. The van der Waals surface area contributed by atoms with Gasteiger partial charge >= 0.3 is 23.9 Å². The Kier molecular flexibility index (Phi) is 27.5. The summed E-state index contributed by atoms with van der Waals surface area (Å²) in [7, 11) is 0. The Balaban J connectivity index is 0.00000112. The highest BCUT2D eigenvalue weighted by molar-refractivity contribution is 5.98. The summed E-state index contributed by atoms with van der Waals surface area (Å²) < 4.78 is 5.91. The smallest absolute Gasteiger partial charge is 0.335 e. The van der Waals surface area contributed by atoms with E-state index in [2.05, 4.69) is 19.2 Å². The Morgan fingerprint density at radius 3 is 1.39 bits per heavy atom. The van der Waals surface area contributed by atoms with Crippen LogP contribution in [0.25, 0.3) is 0 Å². The third-order valence-electron chi connectivity index (χ3n) is 7.75. The van der Waals surface area contributed by atoms with Gasteiger partial charge in [-0.15, -0.1) is 0 Å². The molecule has 0 aliphatic heterocycles. The van der Waals surface area contributed by atoms with Crippen molar-refractivity contribution in [3.63, 3.8) is 0 Å². The molecule has 1 aromatic rings. The second kappa shape index (κ2) is 29.4. The topological polar surface area (TPSA) is 170 Å². The van der Waals surface area contributed by atoms with Gasteiger partial charge in [0.25, 0.3) is 0 Å². The van der Waals surface area contributed by atoms with E-state index >= 15 is 0 Å². The van der Waals surface area contributed by atoms with Crippen LogP contribution in [-0.2, 0) is 9.53 Å². The van der Waals surface area contributed by atoms with Crippen molar-refractivity contribution in [1.82, 2.24) is 5.32 Å². The van der Waals surface area contributed by atoms with Crippen LogP contribution in [0.1, 0.15) is 173 Å². The lowest BCUT2D eigenvalue weighted by Crippen LogP contribution is -2.19. The van der Waals surface area contributed by atoms with E-state index in [9.17, 15) is 19.2 Å². The number of nitrogens with one attached hydrogen (secondary N) is 1. The fourth-order valence-corrected chi connectivity index (χ4v) is 5.06. The van der Waals surface area contributed by atoms with Crippen molar-refractivity contribution in [2.75, 3.05) is 19.7 Å². The van der Waals surface area contributed by atoms with Gasteiger partial charge in [-0.25, -0.2) is 14.4 Å². The van der Waals surface area contributed by atoms with Crippen LogP contribution in [0.2, 0.25) is 0 Å². The first-order valence-corrected chi connectivity index (χ1v) is 17.5. The summed E-state index contributed by atoms with van der Waals surface area (Å²) in [5.74, 6) is -4.10. The van der Waals surface area contributed by atoms with E-state index in [0.717, 1.165) is 56.8 Å². The number of unbranched alkanes of at least 4 members (excludes halogenated alkanes) is 14. The molecule has 264 valence electrons. The van der Waals surface area contributed by atoms with Crippen molar-refractivity contribution in [2.24, 2.45) is 0 Å². The number of hydrogen-bond donors (Lipinski definition) is 5. The fraction of sp³-hybridized carbons (Fsp3) is 0.722. The van der Waals surface area contributed by atoms with Gasteiger partial charge in [0.05, 0.1) is 23.3 Å². The van der Waals surface area contributed by atoms with Gasteiger partial charge in [-0.2, -0.15) is 0 Å². The minimum atomic E-state index is -1.37. The van der Waals surface area contributed by atoms with E-state index in [0.29, 0.717) is 13.0 Å². The zero-order valence-electron chi connectivity index (χ0n) is 28.4. The Hall–Kier alpha value is -2.98. The van der Waals surface area contributed by atoms with Crippen LogP contribution in [0.15, 0.2) is 18.2 Å². The Morgan fingerprint density at radius 1 is 0.587 bits per heavy atom. The Labute approximate surface area is 276 Å². The molecule has 0 spiro atoms. The quantitative estimate of drug-likeness (QED) is 0.0440. The Morgan fingerprint density at radius 2 is 0.978 bits per heavy atom. The number of aliphatic hydroxyl groups is 1. The molecule has 0 aliphatic carbocycles. The standard InChI is InChI=1S/C27H55NO3.C9H6O6/c1-3-5-7-9-12-16-20-26(21-17-13-10-8-6-4-2)31-27(30)22-18-14-11-15-19-23-28-24-25-29;10-7(11)4-1-5(8(12)13)3-6(2-4)9(14)15/h26,28-29H,3-25H2,1-2H3;1-3H,(H,10,11)(H,12,13)(H,14,15). The lowest BCUT2D eigenvalue weighted by molar-refractivity contribution is -0.150. The lowest BCUT2D eigenvalue weighted by atomic mass is 10.0. The van der Waals surface area contributed by atoms with Crippen LogP contribution in [0, 0.1) is 0 Å². The highest BCUT2D eigenvalue weighted by Crippen LogP contribution is 2.18. The molecule has 0 radical (unpaired) electrons. The molecule has 0 bridgehead atoms. The molecule has 0 aromatic heterocycles. The van der Waals surface area contributed by atoms with E-state index in [-0.39, 0.29) is 35.4 Å². The van der Waals surface area contributed by atoms with Crippen LogP contribution >= 0.6 is 0 Å². The zero-order chi connectivity index (χ0) is 34.4. The number of aliphatic hydroxyl groups excluding tert-OH is 1. The molecule has 0 amide bonds. The molecule has 0 heterocycles. The molecular formula is C36H61NO9. The molecule has 0 atom stereocenters. The lowest BCUT2D eigenvalue weighted by Gasteiger charge is -2.18. The van der Waals surface area contributed by atoms with Gasteiger partial charge in [0.1, 0.15) is 6.10 Å². The molecule has 0 saturated carbocycles. The number of ether oxygens (including phenoxy) is 1. The third-order valence-corrected chi connectivity index (χ3v) is 7.75. The molecule has 0 aliphatic rings. The molecule has 10 heteroatoms. The number of esters is 1. The summed E-state index contributed by atoms with van der Waals surface area (Å²) in [6.45, 7) is 6.38. The first kappa shape index (κ1) is 43.0. The molecule has 5 N–H and O–H groups in total. The van der Waals surface area contributed by atoms with E-state index in [1.807, 2.05) is 0 Å². The van der Waals surface area contributed by atoms with E-state index < -0.39 is 17.9 Å². The van der Waals surface area contributed by atoms with E-state index in [1.54, 1.807) is 0 Å². The molecule has 1 rings (SSSR count). The number of benzene rings is 1. The highest BCUT2D eigenvalue weighted by atomic mass is 16.5. The van der Waals surface area contributed by atoms with Crippen molar-refractivity contribution in [1.29, 1.82) is 0 Å². The van der Waals surface area contributed by atoms with Gasteiger partial charge in [-0.3, -0.25) is 4.79 Å². The summed E-state index contributed by atoms with van der Waals surface area (Å²) in [6, 6.07) is 2.70. The number of carbonyl (C=O) groups excluding carboxylic acids is 1. The average Bonchev–Trinajstić information content (AvgIpc) is 3.03. The largest absolute Gasteiger partial charge is 0.478 e. The van der Waals surface area contributed by atoms with Gasteiger partial charge in [-0.05, 0) is 63.3 Å². The molecule has 0 unspecified atom stereocenters. The SMILES string of the molecule is CCCCCCCCC(CCCCCCCC)OC(=O)CCCCCCCNCCO.O=C(O)c1cc(C(=O)O)cc(C(=O)O)c1. The van der Waals surface area contributed by atoms with Gasteiger partial charge in [0, 0.05) is 13.0 Å². The van der Waals surface area contributed by atoms with Crippen LogP contribution in [-0.4, -0.2) is 70.1 Å². The van der Waals surface area contributed by atoms with E-state index in [1.165, 1.54) is 89.9 Å². The zero-order valence-corrected chi connectivity index (χ0v) is 28.4. The fourth-order valence-electron chi connectivity index (χ4n) is 5.06. The van der Waals surface area contributed by atoms with Crippen LogP contribution in [0.5, 0.6) is 0 Å². The first-order chi connectivity index (χ1) is 22.2. The number of hydrogen-bond acceptors (Lipinski definition) is 7. The van der Waals surface area contributed by atoms with Gasteiger partial charge < -0.3 is 30.5 Å². The molecule has 46 heavy (non-hydrogen) atoms. The minimum Gasteiger partial charge on any atom is -0.478 e. The third kappa shape index (κ3) is 24.3. The van der Waals surface area contributed by atoms with Crippen molar-refractivity contribution in [3.8, 4) is 0 Å². The normalized spacial score (nSPS) is 10.8. The van der Waals surface area contributed by atoms with Crippen LogP contribution in [0.3, 0.4) is 0 Å². The minimum absolute atomic E-state index is 0.0200. The summed E-state index contributed by atoms with van der Waals surface area (Å²) in [6.07, 6.45) is 23.9.